The molecule has 0 heterocycles. The number of carbonyl (C=O) groups excluding carboxylic acids is 1. The van der Waals surface area contributed by atoms with Crippen molar-refractivity contribution in [2.75, 3.05) is 18.1 Å². The quantitative estimate of drug-likeness (QED) is 0.0956. The van der Waals surface area contributed by atoms with Crippen LogP contribution in [0.5, 0.6) is 0 Å². The lowest BCUT2D eigenvalue weighted by molar-refractivity contribution is -0.143. The van der Waals surface area contributed by atoms with E-state index in [0.29, 0.717) is 13.0 Å². The van der Waals surface area contributed by atoms with E-state index in [1.165, 1.54) is 134 Å². The molecule has 0 aromatic rings. The van der Waals surface area contributed by atoms with Gasteiger partial charge in [-0.3, -0.25) is 4.79 Å². The highest BCUT2D eigenvalue weighted by Crippen LogP contribution is 2.14. The van der Waals surface area contributed by atoms with Crippen molar-refractivity contribution in [3.05, 3.63) is 0 Å². The van der Waals surface area contributed by atoms with Crippen LogP contribution in [0.4, 0.5) is 0 Å². The molecule has 0 saturated heterocycles. The molecule has 3 heteroatoms. The van der Waals surface area contributed by atoms with Crippen molar-refractivity contribution < 1.29 is 9.53 Å². The van der Waals surface area contributed by atoms with Crippen molar-refractivity contribution in [3.8, 4) is 0 Å². The summed E-state index contributed by atoms with van der Waals surface area (Å²) in [6.07, 6.45) is 29.1. The normalized spacial score (nSPS) is 11.2. The summed E-state index contributed by atoms with van der Waals surface area (Å²) >= 11 is 1.92. The SMILES string of the molecule is CCCCCCCCCCCCCSCCC(=O)OCCCCCCCCCCCC. The fourth-order valence-corrected chi connectivity index (χ4v) is 4.90. The Balaban J connectivity index is 3.13. The first-order valence-electron chi connectivity index (χ1n) is 14.0. The van der Waals surface area contributed by atoms with E-state index in [-0.39, 0.29) is 5.97 Å². The van der Waals surface area contributed by atoms with Gasteiger partial charge in [0.25, 0.3) is 0 Å². The molecular weight excluding hydrogens is 400 g/mol. The molecule has 0 N–H and O–H groups in total. The number of hydrogen-bond acceptors (Lipinski definition) is 3. The Morgan fingerprint density at radius 1 is 0.516 bits per heavy atom. The topological polar surface area (TPSA) is 26.3 Å². The van der Waals surface area contributed by atoms with Crippen molar-refractivity contribution >= 4 is 17.7 Å². The van der Waals surface area contributed by atoms with Crippen LogP contribution in [0.2, 0.25) is 0 Å². The lowest BCUT2D eigenvalue weighted by Gasteiger charge is -2.06. The minimum atomic E-state index is 0.00219. The fourth-order valence-electron chi connectivity index (χ4n) is 3.97. The molecule has 0 spiro atoms. The number of rotatable bonds is 26. The van der Waals surface area contributed by atoms with Crippen LogP contribution >= 0.6 is 11.8 Å². The van der Waals surface area contributed by atoms with Gasteiger partial charge in [-0.05, 0) is 18.6 Å². The average Bonchev–Trinajstić information content (AvgIpc) is 2.77. The lowest BCUT2D eigenvalue weighted by Crippen LogP contribution is -2.07. The number of hydrogen-bond donors (Lipinski definition) is 0. The van der Waals surface area contributed by atoms with Gasteiger partial charge in [0.05, 0.1) is 13.0 Å². The standard InChI is InChI=1S/C28H56O2S/c1-3-5-7-9-11-13-15-17-19-21-23-26-31-27-24-28(29)30-25-22-20-18-16-14-12-10-8-6-4-2/h3-27H2,1-2H3. The molecule has 0 aliphatic heterocycles. The molecule has 0 aromatic heterocycles. The summed E-state index contributed by atoms with van der Waals surface area (Å²) in [4.78, 5) is 11.8. The highest BCUT2D eigenvalue weighted by molar-refractivity contribution is 7.99. The predicted octanol–water partition coefficient (Wildman–Crippen LogP) is 9.88. The Morgan fingerprint density at radius 2 is 0.903 bits per heavy atom. The molecule has 0 bridgehead atoms. The number of thioether (sulfide) groups is 1. The molecule has 0 rings (SSSR count). The third-order valence-corrected chi connectivity index (χ3v) is 7.17. The summed E-state index contributed by atoms with van der Waals surface area (Å²) in [6.45, 7) is 5.17. The van der Waals surface area contributed by atoms with E-state index in [4.69, 9.17) is 4.74 Å². The van der Waals surface area contributed by atoms with E-state index in [2.05, 4.69) is 13.8 Å². The van der Waals surface area contributed by atoms with Crippen molar-refractivity contribution in [2.24, 2.45) is 0 Å². The molecule has 0 aromatic carbocycles. The van der Waals surface area contributed by atoms with E-state index in [1.54, 1.807) is 0 Å². The van der Waals surface area contributed by atoms with Crippen molar-refractivity contribution in [1.82, 2.24) is 0 Å². The summed E-state index contributed by atoms with van der Waals surface area (Å²) in [5.74, 6) is 2.12. The monoisotopic (exact) mass is 456 g/mol. The third-order valence-electron chi connectivity index (χ3n) is 6.10. The maximum absolute atomic E-state index is 11.8. The van der Waals surface area contributed by atoms with Gasteiger partial charge in [-0.25, -0.2) is 0 Å². The maximum atomic E-state index is 11.8. The second-order valence-electron chi connectivity index (χ2n) is 9.30. The highest BCUT2D eigenvalue weighted by Gasteiger charge is 2.03. The number of esters is 1. The largest absolute Gasteiger partial charge is 0.466 e. The predicted molar refractivity (Wildman–Crippen MR) is 141 cm³/mol. The van der Waals surface area contributed by atoms with Crippen molar-refractivity contribution in [2.45, 2.75) is 155 Å². The number of ether oxygens (including phenoxy) is 1. The number of carbonyl (C=O) groups is 1. The summed E-state index contributed by atoms with van der Waals surface area (Å²) in [5.41, 5.74) is 0. The molecule has 31 heavy (non-hydrogen) atoms. The van der Waals surface area contributed by atoms with Crippen LogP contribution in [0.15, 0.2) is 0 Å². The molecule has 0 amide bonds. The van der Waals surface area contributed by atoms with E-state index in [9.17, 15) is 4.79 Å². The second kappa shape index (κ2) is 27.9. The van der Waals surface area contributed by atoms with E-state index in [0.717, 1.165) is 12.2 Å². The Labute approximate surface area is 200 Å². The van der Waals surface area contributed by atoms with Gasteiger partial charge >= 0.3 is 5.97 Å². The Kier molecular flexibility index (Phi) is 27.7. The van der Waals surface area contributed by atoms with Crippen molar-refractivity contribution in [1.29, 1.82) is 0 Å². The molecule has 0 radical (unpaired) electrons. The van der Waals surface area contributed by atoms with E-state index in [1.807, 2.05) is 11.8 Å². The molecule has 0 fully saturated rings. The lowest BCUT2D eigenvalue weighted by atomic mass is 10.1. The van der Waals surface area contributed by atoms with Crippen LogP contribution in [-0.4, -0.2) is 24.1 Å². The zero-order valence-corrected chi connectivity index (χ0v) is 22.2. The highest BCUT2D eigenvalue weighted by atomic mass is 32.2. The second-order valence-corrected chi connectivity index (χ2v) is 10.5. The van der Waals surface area contributed by atoms with Gasteiger partial charge in [-0.15, -0.1) is 0 Å². The Hall–Kier alpha value is -0.180. The molecule has 0 saturated carbocycles. The molecule has 0 unspecified atom stereocenters. The Morgan fingerprint density at radius 3 is 1.35 bits per heavy atom. The van der Waals surface area contributed by atoms with Crippen LogP contribution in [-0.2, 0) is 9.53 Å². The molecule has 2 nitrogen and oxygen atoms in total. The average molecular weight is 457 g/mol. The van der Waals surface area contributed by atoms with Crippen molar-refractivity contribution in [3.63, 3.8) is 0 Å². The molecule has 0 aliphatic rings. The first kappa shape index (κ1) is 30.8. The summed E-state index contributed by atoms with van der Waals surface area (Å²) in [6, 6.07) is 0. The smallest absolute Gasteiger partial charge is 0.306 e. The van der Waals surface area contributed by atoms with Gasteiger partial charge in [-0.2, -0.15) is 11.8 Å². The summed E-state index contributed by atoms with van der Waals surface area (Å²) < 4.78 is 5.38. The minimum absolute atomic E-state index is 0.00219. The van der Waals surface area contributed by atoms with Gasteiger partial charge in [0.15, 0.2) is 0 Å². The van der Waals surface area contributed by atoms with Gasteiger partial charge in [0.2, 0.25) is 0 Å². The van der Waals surface area contributed by atoms with E-state index < -0.39 is 0 Å². The summed E-state index contributed by atoms with van der Waals surface area (Å²) in [5, 5.41) is 0. The minimum Gasteiger partial charge on any atom is -0.466 e. The zero-order valence-electron chi connectivity index (χ0n) is 21.4. The van der Waals surface area contributed by atoms with Crippen LogP contribution in [0.3, 0.4) is 0 Å². The van der Waals surface area contributed by atoms with Crippen LogP contribution < -0.4 is 0 Å². The van der Waals surface area contributed by atoms with Gasteiger partial charge < -0.3 is 4.74 Å². The molecule has 0 aliphatic carbocycles. The van der Waals surface area contributed by atoms with Crippen LogP contribution in [0, 0.1) is 0 Å². The maximum Gasteiger partial charge on any atom is 0.306 e. The molecule has 0 atom stereocenters. The molecular formula is C28H56O2S. The fraction of sp³-hybridized carbons (Fsp3) is 0.964. The first-order chi connectivity index (χ1) is 15.3. The van der Waals surface area contributed by atoms with Crippen LogP contribution in [0.25, 0.3) is 0 Å². The van der Waals surface area contributed by atoms with E-state index >= 15 is 0 Å². The molecule has 186 valence electrons. The van der Waals surface area contributed by atoms with Gasteiger partial charge in [0, 0.05) is 5.75 Å². The van der Waals surface area contributed by atoms with Crippen LogP contribution in [0.1, 0.15) is 155 Å². The first-order valence-corrected chi connectivity index (χ1v) is 15.2. The number of unbranched alkanes of at least 4 members (excludes halogenated alkanes) is 19. The summed E-state index contributed by atoms with van der Waals surface area (Å²) in [7, 11) is 0. The zero-order chi connectivity index (χ0) is 22.7. The third kappa shape index (κ3) is 27.8. The van der Waals surface area contributed by atoms with Gasteiger partial charge in [0.1, 0.15) is 0 Å². The van der Waals surface area contributed by atoms with Gasteiger partial charge in [-0.1, -0.05) is 136 Å². The Bertz CT molecular complexity index is 346.